The number of hydrogen-bond donors (Lipinski definition) is 3. The van der Waals surface area contributed by atoms with Crippen molar-refractivity contribution in [1.29, 1.82) is 0 Å². The summed E-state index contributed by atoms with van der Waals surface area (Å²) in [5.41, 5.74) is 5.08. The molecule has 1 unspecified atom stereocenters. The van der Waals surface area contributed by atoms with E-state index in [-0.39, 0.29) is 17.7 Å². The zero-order valence-electron chi connectivity index (χ0n) is 12.1. The van der Waals surface area contributed by atoms with E-state index < -0.39 is 29.5 Å². The Balaban J connectivity index is 2.74. The van der Waals surface area contributed by atoms with E-state index in [4.69, 9.17) is 15.6 Å². The van der Waals surface area contributed by atoms with Crippen molar-refractivity contribution in [3.8, 4) is 0 Å². The molecule has 0 bridgehead atoms. The number of halogens is 1. The summed E-state index contributed by atoms with van der Waals surface area (Å²) < 4.78 is 18.9. The van der Waals surface area contributed by atoms with Gasteiger partial charge in [-0.1, -0.05) is 6.07 Å². The number of nitrogens with one attached hydrogen (secondary N) is 1. The monoisotopic (exact) mass is 298 g/mol. The fourth-order valence-corrected chi connectivity index (χ4v) is 1.54. The first kappa shape index (κ1) is 16.9. The van der Waals surface area contributed by atoms with Gasteiger partial charge in [0.05, 0.1) is 0 Å². The van der Waals surface area contributed by atoms with E-state index in [0.29, 0.717) is 0 Å². The molecule has 21 heavy (non-hydrogen) atoms. The SMILES string of the molecule is CC(C)(C)OC(=O)Nc1ccc(CC(N)C(=O)O)c(F)c1. The first-order chi connectivity index (χ1) is 9.58. The van der Waals surface area contributed by atoms with Gasteiger partial charge in [0.25, 0.3) is 0 Å². The minimum atomic E-state index is -1.20. The molecule has 0 spiro atoms. The van der Waals surface area contributed by atoms with E-state index in [1.807, 2.05) is 0 Å². The Kier molecular flexibility index (Phi) is 5.26. The molecule has 0 heterocycles. The van der Waals surface area contributed by atoms with Gasteiger partial charge in [-0.3, -0.25) is 10.1 Å². The maximum atomic E-state index is 13.8. The highest BCUT2D eigenvalue weighted by atomic mass is 19.1. The summed E-state index contributed by atoms with van der Waals surface area (Å²) in [5, 5.41) is 11.1. The number of carbonyl (C=O) groups excluding carboxylic acids is 1. The zero-order valence-corrected chi connectivity index (χ0v) is 12.1. The fourth-order valence-electron chi connectivity index (χ4n) is 1.54. The van der Waals surface area contributed by atoms with Crippen LogP contribution in [0.25, 0.3) is 0 Å². The van der Waals surface area contributed by atoms with Crippen LogP contribution < -0.4 is 11.1 Å². The number of aliphatic carboxylic acids is 1. The molecular formula is C14H19FN2O4. The van der Waals surface area contributed by atoms with Gasteiger partial charge in [0.1, 0.15) is 17.5 Å². The summed E-state index contributed by atoms with van der Waals surface area (Å²) in [4.78, 5) is 22.2. The van der Waals surface area contributed by atoms with Crippen LogP contribution in [0.3, 0.4) is 0 Å². The van der Waals surface area contributed by atoms with Gasteiger partial charge in [-0.05, 0) is 38.5 Å². The number of ether oxygens (including phenoxy) is 1. The van der Waals surface area contributed by atoms with Crippen LogP contribution in [0.1, 0.15) is 26.3 Å². The van der Waals surface area contributed by atoms with Crippen molar-refractivity contribution in [2.24, 2.45) is 5.73 Å². The Morgan fingerprint density at radius 2 is 2.05 bits per heavy atom. The average Bonchev–Trinajstić information content (AvgIpc) is 2.29. The summed E-state index contributed by atoms with van der Waals surface area (Å²) in [7, 11) is 0. The number of carbonyl (C=O) groups is 2. The van der Waals surface area contributed by atoms with Gasteiger partial charge in [0.2, 0.25) is 0 Å². The first-order valence-corrected chi connectivity index (χ1v) is 6.35. The molecule has 1 aromatic rings. The Morgan fingerprint density at radius 1 is 1.43 bits per heavy atom. The van der Waals surface area contributed by atoms with Gasteiger partial charge < -0.3 is 15.6 Å². The minimum Gasteiger partial charge on any atom is -0.480 e. The van der Waals surface area contributed by atoms with E-state index in [9.17, 15) is 14.0 Å². The van der Waals surface area contributed by atoms with Gasteiger partial charge in [0.15, 0.2) is 0 Å². The highest BCUT2D eigenvalue weighted by Gasteiger charge is 2.18. The van der Waals surface area contributed by atoms with Crippen LogP contribution in [0.15, 0.2) is 18.2 Å². The van der Waals surface area contributed by atoms with E-state index in [1.54, 1.807) is 20.8 Å². The van der Waals surface area contributed by atoms with Crippen LogP contribution in [0.5, 0.6) is 0 Å². The third kappa shape index (κ3) is 5.78. The molecule has 1 rings (SSSR count). The third-order valence-corrected chi connectivity index (χ3v) is 2.46. The lowest BCUT2D eigenvalue weighted by Crippen LogP contribution is -2.32. The van der Waals surface area contributed by atoms with Crippen LogP contribution in [-0.2, 0) is 16.0 Å². The van der Waals surface area contributed by atoms with Gasteiger partial charge in [-0.25, -0.2) is 9.18 Å². The van der Waals surface area contributed by atoms with Crippen molar-refractivity contribution in [3.05, 3.63) is 29.6 Å². The lowest BCUT2D eigenvalue weighted by Gasteiger charge is -2.19. The maximum Gasteiger partial charge on any atom is 0.412 e. The molecule has 1 atom stereocenters. The Labute approximate surface area is 122 Å². The molecular weight excluding hydrogens is 279 g/mol. The molecule has 1 aromatic carbocycles. The van der Waals surface area contributed by atoms with Gasteiger partial charge in [-0.2, -0.15) is 0 Å². The maximum absolute atomic E-state index is 13.8. The predicted octanol–water partition coefficient (Wildman–Crippen LogP) is 2.13. The molecule has 0 fully saturated rings. The molecule has 4 N–H and O–H groups in total. The summed E-state index contributed by atoms with van der Waals surface area (Å²) in [6.45, 7) is 5.14. The van der Waals surface area contributed by atoms with Crippen LogP contribution in [-0.4, -0.2) is 28.8 Å². The Morgan fingerprint density at radius 3 is 2.52 bits per heavy atom. The summed E-state index contributed by atoms with van der Waals surface area (Å²) in [5.74, 6) is -1.84. The number of benzene rings is 1. The summed E-state index contributed by atoms with van der Waals surface area (Å²) >= 11 is 0. The van der Waals surface area contributed by atoms with Crippen molar-refractivity contribution in [1.82, 2.24) is 0 Å². The van der Waals surface area contributed by atoms with Crippen molar-refractivity contribution in [2.45, 2.75) is 38.8 Å². The fraction of sp³-hybridized carbons (Fsp3) is 0.429. The standard InChI is InChI=1S/C14H19FN2O4/c1-14(2,3)21-13(20)17-9-5-4-8(10(15)7-9)6-11(16)12(18)19/h4-5,7,11H,6,16H2,1-3H3,(H,17,20)(H,18,19). The second-order valence-electron chi connectivity index (χ2n) is 5.58. The topological polar surface area (TPSA) is 102 Å². The van der Waals surface area contributed by atoms with E-state index in [1.165, 1.54) is 12.1 Å². The second kappa shape index (κ2) is 6.53. The van der Waals surface area contributed by atoms with Crippen molar-refractivity contribution < 1.29 is 23.8 Å². The highest BCUT2D eigenvalue weighted by molar-refractivity contribution is 5.84. The molecule has 7 heteroatoms. The number of carboxylic acids is 1. The average molecular weight is 298 g/mol. The molecule has 0 aliphatic carbocycles. The Bertz CT molecular complexity index is 540. The van der Waals surface area contributed by atoms with E-state index >= 15 is 0 Å². The molecule has 0 aliphatic heterocycles. The molecule has 0 saturated heterocycles. The van der Waals surface area contributed by atoms with Crippen molar-refractivity contribution in [2.75, 3.05) is 5.32 Å². The normalized spacial score (nSPS) is 12.6. The molecule has 0 saturated carbocycles. The lowest BCUT2D eigenvalue weighted by atomic mass is 10.1. The van der Waals surface area contributed by atoms with Gasteiger partial charge in [-0.15, -0.1) is 0 Å². The highest BCUT2D eigenvalue weighted by Crippen LogP contribution is 2.17. The number of anilines is 1. The lowest BCUT2D eigenvalue weighted by molar-refractivity contribution is -0.138. The molecule has 0 aliphatic rings. The molecule has 1 amide bonds. The van der Waals surface area contributed by atoms with Crippen LogP contribution >= 0.6 is 0 Å². The zero-order chi connectivity index (χ0) is 16.2. The molecule has 0 aromatic heterocycles. The predicted molar refractivity (Wildman–Crippen MR) is 75.6 cm³/mol. The van der Waals surface area contributed by atoms with E-state index in [2.05, 4.69) is 5.32 Å². The first-order valence-electron chi connectivity index (χ1n) is 6.35. The second-order valence-corrected chi connectivity index (χ2v) is 5.58. The molecule has 6 nitrogen and oxygen atoms in total. The largest absolute Gasteiger partial charge is 0.480 e. The van der Waals surface area contributed by atoms with Crippen LogP contribution in [0, 0.1) is 5.82 Å². The molecule has 0 radical (unpaired) electrons. The number of amides is 1. The van der Waals surface area contributed by atoms with Crippen molar-refractivity contribution >= 4 is 17.7 Å². The Hall–Kier alpha value is -2.15. The third-order valence-electron chi connectivity index (χ3n) is 2.46. The number of carboxylic acid groups (broad SMARTS) is 1. The number of hydrogen-bond acceptors (Lipinski definition) is 4. The van der Waals surface area contributed by atoms with E-state index in [0.717, 1.165) is 6.07 Å². The van der Waals surface area contributed by atoms with Crippen molar-refractivity contribution in [3.63, 3.8) is 0 Å². The minimum absolute atomic E-state index is 0.131. The summed E-state index contributed by atoms with van der Waals surface area (Å²) in [6, 6.07) is 2.75. The van der Waals surface area contributed by atoms with Crippen LogP contribution in [0.4, 0.5) is 14.9 Å². The number of nitrogens with two attached hydrogens (primary N) is 1. The molecule has 116 valence electrons. The van der Waals surface area contributed by atoms with Gasteiger partial charge in [0, 0.05) is 12.1 Å². The van der Waals surface area contributed by atoms with Gasteiger partial charge >= 0.3 is 12.1 Å². The quantitative estimate of drug-likeness (QED) is 0.790. The smallest absolute Gasteiger partial charge is 0.412 e. The summed E-state index contributed by atoms with van der Waals surface area (Å²) in [6.07, 6.45) is -0.828. The number of rotatable bonds is 4. The van der Waals surface area contributed by atoms with Crippen LogP contribution in [0.2, 0.25) is 0 Å².